The number of carbonyl (C=O) groups is 1. The van der Waals surface area contributed by atoms with Gasteiger partial charge in [0, 0.05) is 16.2 Å². The lowest BCUT2D eigenvalue weighted by Gasteiger charge is -2.04. The Labute approximate surface area is 116 Å². The fourth-order valence-electron chi connectivity index (χ4n) is 1.91. The number of hydrogen-bond acceptors (Lipinski definition) is 3. The summed E-state index contributed by atoms with van der Waals surface area (Å²) in [5.41, 5.74) is 1.41. The summed E-state index contributed by atoms with van der Waals surface area (Å²) in [4.78, 5) is 11.3. The second kappa shape index (κ2) is 4.47. The van der Waals surface area contributed by atoms with Crippen LogP contribution >= 0.6 is 15.9 Å². The Bertz CT molecular complexity index is 782. The Balaban J connectivity index is 2.31. The standard InChI is InChI=1S/C13H8BrN3O2/c14-8-5-6-11-15-16-12(17(11)7-8)9-3-1-2-4-10(9)13(18)19/h1-7H,(H,18,19). The zero-order valence-corrected chi connectivity index (χ0v) is 11.2. The molecule has 0 radical (unpaired) electrons. The molecule has 0 saturated heterocycles. The van der Waals surface area contributed by atoms with Gasteiger partial charge in [-0.1, -0.05) is 18.2 Å². The molecule has 0 saturated carbocycles. The van der Waals surface area contributed by atoms with E-state index in [4.69, 9.17) is 0 Å². The van der Waals surface area contributed by atoms with E-state index >= 15 is 0 Å². The summed E-state index contributed by atoms with van der Waals surface area (Å²) in [6, 6.07) is 10.4. The SMILES string of the molecule is O=C(O)c1ccccc1-c1nnc2ccc(Br)cn12. The van der Waals surface area contributed by atoms with Crippen molar-refractivity contribution in [2.75, 3.05) is 0 Å². The number of hydrogen-bond donors (Lipinski definition) is 1. The average molecular weight is 318 g/mol. The van der Waals surface area contributed by atoms with Gasteiger partial charge in [0.25, 0.3) is 0 Å². The van der Waals surface area contributed by atoms with Gasteiger partial charge >= 0.3 is 5.97 Å². The monoisotopic (exact) mass is 317 g/mol. The van der Waals surface area contributed by atoms with Crippen molar-refractivity contribution in [3.63, 3.8) is 0 Å². The number of aromatic nitrogens is 3. The van der Waals surface area contributed by atoms with Crippen molar-refractivity contribution < 1.29 is 9.90 Å². The van der Waals surface area contributed by atoms with Crippen LogP contribution in [0.25, 0.3) is 17.0 Å². The molecule has 1 N–H and O–H groups in total. The first kappa shape index (κ1) is 11.9. The summed E-state index contributed by atoms with van der Waals surface area (Å²) >= 11 is 3.38. The summed E-state index contributed by atoms with van der Waals surface area (Å²) in [5, 5.41) is 17.3. The lowest BCUT2D eigenvalue weighted by Crippen LogP contribution is -2.01. The summed E-state index contributed by atoms with van der Waals surface area (Å²) in [6.45, 7) is 0. The molecular formula is C13H8BrN3O2. The molecule has 0 unspecified atom stereocenters. The van der Waals surface area contributed by atoms with Crippen LogP contribution in [-0.2, 0) is 0 Å². The van der Waals surface area contributed by atoms with Gasteiger partial charge in [-0.15, -0.1) is 10.2 Å². The van der Waals surface area contributed by atoms with Crippen LogP contribution < -0.4 is 0 Å². The fraction of sp³-hybridized carbons (Fsp3) is 0. The van der Waals surface area contributed by atoms with Crippen LogP contribution in [0.4, 0.5) is 0 Å². The van der Waals surface area contributed by atoms with Crippen molar-refractivity contribution >= 4 is 27.5 Å². The number of carboxylic acid groups (broad SMARTS) is 1. The molecule has 0 spiro atoms. The maximum Gasteiger partial charge on any atom is 0.336 e. The summed E-state index contributed by atoms with van der Waals surface area (Å²) in [6.07, 6.45) is 1.81. The Morgan fingerprint density at radius 1 is 1.16 bits per heavy atom. The molecule has 5 nitrogen and oxygen atoms in total. The van der Waals surface area contributed by atoms with Crippen LogP contribution in [0.2, 0.25) is 0 Å². The quantitative estimate of drug-likeness (QED) is 0.789. The Hall–Kier alpha value is -2.21. The van der Waals surface area contributed by atoms with Crippen LogP contribution in [0, 0.1) is 0 Å². The van der Waals surface area contributed by atoms with Gasteiger partial charge in [-0.3, -0.25) is 4.40 Å². The van der Waals surface area contributed by atoms with Gasteiger partial charge in [0.2, 0.25) is 0 Å². The van der Waals surface area contributed by atoms with E-state index in [0.29, 0.717) is 17.0 Å². The van der Waals surface area contributed by atoms with E-state index in [-0.39, 0.29) is 5.56 Å². The average Bonchev–Trinajstić information content (AvgIpc) is 2.81. The largest absolute Gasteiger partial charge is 0.478 e. The highest BCUT2D eigenvalue weighted by Crippen LogP contribution is 2.23. The minimum absolute atomic E-state index is 0.205. The van der Waals surface area contributed by atoms with Gasteiger partial charge in [-0.2, -0.15) is 0 Å². The number of nitrogens with zero attached hydrogens (tertiary/aromatic N) is 3. The molecule has 0 aliphatic rings. The predicted octanol–water partition coefficient (Wildman–Crippen LogP) is 2.86. The smallest absolute Gasteiger partial charge is 0.336 e. The van der Waals surface area contributed by atoms with Crippen molar-refractivity contribution in [2.24, 2.45) is 0 Å². The molecule has 3 aromatic rings. The maximum absolute atomic E-state index is 11.3. The highest BCUT2D eigenvalue weighted by Gasteiger charge is 2.15. The zero-order chi connectivity index (χ0) is 13.4. The summed E-state index contributed by atoms with van der Waals surface area (Å²) in [7, 11) is 0. The van der Waals surface area contributed by atoms with Gasteiger partial charge in [-0.05, 0) is 34.1 Å². The number of halogens is 1. The molecule has 2 heterocycles. The highest BCUT2D eigenvalue weighted by molar-refractivity contribution is 9.10. The van der Waals surface area contributed by atoms with E-state index < -0.39 is 5.97 Å². The first-order chi connectivity index (χ1) is 9.16. The van der Waals surface area contributed by atoms with Crippen molar-refractivity contribution in [3.05, 3.63) is 52.6 Å². The second-order valence-corrected chi connectivity index (χ2v) is 4.87. The van der Waals surface area contributed by atoms with E-state index in [2.05, 4.69) is 26.1 Å². The minimum Gasteiger partial charge on any atom is -0.478 e. The fourth-order valence-corrected chi connectivity index (χ4v) is 2.25. The van der Waals surface area contributed by atoms with E-state index in [1.807, 2.05) is 18.3 Å². The van der Waals surface area contributed by atoms with Crippen molar-refractivity contribution in [2.45, 2.75) is 0 Å². The molecule has 0 aliphatic carbocycles. The molecular weight excluding hydrogens is 310 g/mol. The first-order valence-electron chi connectivity index (χ1n) is 5.50. The predicted molar refractivity (Wildman–Crippen MR) is 73.1 cm³/mol. The van der Waals surface area contributed by atoms with Crippen LogP contribution in [-0.4, -0.2) is 25.7 Å². The number of carboxylic acids is 1. The normalized spacial score (nSPS) is 10.8. The number of pyridine rings is 1. The van der Waals surface area contributed by atoms with E-state index in [0.717, 1.165) is 4.47 Å². The minimum atomic E-state index is -0.984. The van der Waals surface area contributed by atoms with E-state index in [1.165, 1.54) is 0 Å². The number of benzene rings is 1. The van der Waals surface area contributed by atoms with Gasteiger partial charge < -0.3 is 5.11 Å². The molecule has 6 heteroatoms. The summed E-state index contributed by atoms with van der Waals surface area (Å²) < 4.78 is 2.63. The zero-order valence-electron chi connectivity index (χ0n) is 9.62. The third kappa shape index (κ3) is 2.00. The van der Waals surface area contributed by atoms with Crippen LogP contribution in [0.5, 0.6) is 0 Å². The van der Waals surface area contributed by atoms with Crippen LogP contribution in [0.3, 0.4) is 0 Å². The number of rotatable bonds is 2. The van der Waals surface area contributed by atoms with Gasteiger partial charge in [0.15, 0.2) is 11.5 Å². The van der Waals surface area contributed by atoms with Crippen LogP contribution in [0.1, 0.15) is 10.4 Å². The molecule has 19 heavy (non-hydrogen) atoms. The first-order valence-corrected chi connectivity index (χ1v) is 6.29. The number of aromatic carboxylic acids is 1. The molecule has 1 aromatic carbocycles. The topological polar surface area (TPSA) is 67.5 Å². The van der Waals surface area contributed by atoms with Crippen molar-refractivity contribution in [3.8, 4) is 11.4 Å². The van der Waals surface area contributed by atoms with E-state index in [1.54, 1.807) is 28.7 Å². The maximum atomic E-state index is 11.3. The molecule has 0 amide bonds. The van der Waals surface area contributed by atoms with Gasteiger partial charge in [-0.25, -0.2) is 4.79 Å². The third-order valence-electron chi connectivity index (χ3n) is 2.76. The molecule has 0 atom stereocenters. The second-order valence-electron chi connectivity index (χ2n) is 3.95. The van der Waals surface area contributed by atoms with Crippen molar-refractivity contribution in [1.82, 2.24) is 14.6 Å². The van der Waals surface area contributed by atoms with Crippen molar-refractivity contribution in [1.29, 1.82) is 0 Å². The third-order valence-corrected chi connectivity index (χ3v) is 3.23. The lowest BCUT2D eigenvalue weighted by atomic mass is 10.1. The highest BCUT2D eigenvalue weighted by atomic mass is 79.9. The molecule has 0 fully saturated rings. The Morgan fingerprint density at radius 2 is 1.95 bits per heavy atom. The molecule has 2 aromatic heterocycles. The summed E-state index contributed by atoms with van der Waals surface area (Å²) in [5.74, 6) is -0.475. The molecule has 94 valence electrons. The molecule has 0 aliphatic heterocycles. The Kier molecular flexibility index (Phi) is 2.79. The molecule has 0 bridgehead atoms. The van der Waals surface area contributed by atoms with Crippen LogP contribution in [0.15, 0.2) is 47.1 Å². The van der Waals surface area contributed by atoms with Gasteiger partial charge in [0.1, 0.15) is 0 Å². The number of fused-ring (bicyclic) bond motifs is 1. The Morgan fingerprint density at radius 3 is 2.74 bits per heavy atom. The van der Waals surface area contributed by atoms with Gasteiger partial charge in [0.05, 0.1) is 5.56 Å². The molecule has 3 rings (SSSR count). The van der Waals surface area contributed by atoms with E-state index in [9.17, 15) is 9.90 Å². The lowest BCUT2D eigenvalue weighted by molar-refractivity contribution is 0.0697.